The molecule has 0 nitrogen and oxygen atoms in total. The SMILES string of the molecule is C[C](C)(C)[Sn+]([c]1ccccc1)[c]1ccccc1. The molecule has 2 aromatic carbocycles. The summed E-state index contributed by atoms with van der Waals surface area (Å²) in [4.78, 5) is 0. The van der Waals surface area contributed by atoms with Crippen molar-refractivity contribution in [2.24, 2.45) is 0 Å². The Hall–Kier alpha value is -0.761. The average Bonchev–Trinajstić information content (AvgIpc) is 2.30. The molecular weight excluding hydrogens is 311 g/mol. The van der Waals surface area contributed by atoms with E-state index in [2.05, 4.69) is 81.4 Å². The molecule has 0 aliphatic carbocycles. The Morgan fingerprint density at radius 3 is 1.29 bits per heavy atom. The van der Waals surface area contributed by atoms with E-state index < -0.39 is 19.8 Å². The van der Waals surface area contributed by atoms with Gasteiger partial charge in [0.2, 0.25) is 0 Å². The minimum atomic E-state index is -1.80. The fourth-order valence-electron chi connectivity index (χ4n) is 2.24. The Balaban J connectivity index is 2.48. The maximum atomic E-state index is 2.39. The molecule has 0 aliphatic rings. The van der Waals surface area contributed by atoms with E-state index in [1.807, 2.05) is 0 Å². The van der Waals surface area contributed by atoms with E-state index in [0.29, 0.717) is 3.43 Å². The van der Waals surface area contributed by atoms with E-state index in [1.54, 1.807) is 7.16 Å². The molecule has 0 atom stereocenters. The monoisotopic (exact) mass is 331 g/mol. The topological polar surface area (TPSA) is 0 Å². The molecule has 0 bridgehead atoms. The third-order valence-corrected chi connectivity index (χ3v) is 12.4. The molecule has 0 saturated heterocycles. The molecule has 86 valence electrons. The number of hydrogen-bond acceptors (Lipinski definition) is 0. The van der Waals surface area contributed by atoms with Crippen LogP contribution >= 0.6 is 0 Å². The predicted octanol–water partition coefficient (Wildman–Crippen LogP) is 3.10. The van der Waals surface area contributed by atoms with Crippen LogP contribution in [0.2, 0.25) is 3.43 Å². The van der Waals surface area contributed by atoms with Crippen molar-refractivity contribution >= 4 is 26.9 Å². The third kappa shape index (κ3) is 3.12. The van der Waals surface area contributed by atoms with Crippen LogP contribution in [-0.2, 0) is 0 Å². The van der Waals surface area contributed by atoms with Gasteiger partial charge in [-0.15, -0.1) is 0 Å². The summed E-state index contributed by atoms with van der Waals surface area (Å²) in [5.74, 6) is 0. The van der Waals surface area contributed by atoms with Gasteiger partial charge in [-0.05, 0) is 0 Å². The van der Waals surface area contributed by atoms with Crippen molar-refractivity contribution in [1.29, 1.82) is 0 Å². The number of hydrogen-bond donors (Lipinski definition) is 0. The van der Waals surface area contributed by atoms with Crippen molar-refractivity contribution in [1.82, 2.24) is 0 Å². The maximum absolute atomic E-state index is 2.39. The quantitative estimate of drug-likeness (QED) is 0.743. The van der Waals surface area contributed by atoms with Crippen molar-refractivity contribution in [3.8, 4) is 0 Å². The molecule has 1 heteroatoms. The molecule has 0 N–H and O–H groups in total. The van der Waals surface area contributed by atoms with Crippen LogP contribution < -0.4 is 7.16 Å². The van der Waals surface area contributed by atoms with Crippen LogP contribution in [0.3, 0.4) is 0 Å². The van der Waals surface area contributed by atoms with E-state index in [0.717, 1.165) is 0 Å². The van der Waals surface area contributed by atoms with Crippen LogP contribution in [0, 0.1) is 0 Å². The van der Waals surface area contributed by atoms with Crippen LogP contribution in [0.25, 0.3) is 0 Å². The van der Waals surface area contributed by atoms with E-state index >= 15 is 0 Å². The van der Waals surface area contributed by atoms with Gasteiger partial charge in [-0.3, -0.25) is 0 Å². The van der Waals surface area contributed by atoms with Gasteiger partial charge in [0.1, 0.15) is 0 Å². The second kappa shape index (κ2) is 5.26. The fraction of sp³-hybridized carbons (Fsp3) is 0.250. The zero-order valence-electron chi connectivity index (χ0n) is 10.8. The van der Waals surface area contributed by atoms with Crippen LogP contribution in [-0.4, -0.2) is 19.8 Å². The summed E-state index contributed by atoms with van der Waals surface area (Å²) in [6.45, 7) is 7.17. The molecule has 0 spiro atoms. The molecule has 2 aromatic rings. The molecule has 0 fully saturated rings. The number of benzene rings is 2. The molecule has 17 heavy (non-hydrogen) atoms. The molecule has 0 radical (unpaired) electrons. The van der Waals surface area contributed by atoms with Gasteiger partial charge in [-0.1, -0.05) is 0 Å². The molecule has 0 aliphatic heterocycles. The summed E-state index contributed by atoms with van der Waals surface area (Å²) in [5, 5.41) is 0. The molecule has 0 amide bonds. The van der Waals surface area contributed by atoms with Crippen molar-refractivity contribution in [2.45, 2.75) is 24.2 Å². The summed E-state index contributed by atoms with van der Waals surface area (Å²) in [6.07, 6.45) is 0. The Labute approximate surface area is 111 Å². The van der Waals surface area contributed by atoms with Crippen LogP contribution in [0.15, 0.2) is 60.7 Å². The first-order valence-electron chi connectivity index (χ1n) is 6.07. The second-order valence-electron chi connectivity index (χ2n) is 5.36. The average molecular weight is 330 g/mol. The Morgan fingerprint density at radius 1 is 0.647 bits per heavy atom. The number of rotatable bonds is 2. The first-order valence-corrected chi connectivity index (χ1v) is 10.4. The summed E-state index contributed by atoms with van der Waals surface area (Å²) < 4.78 is 3.60. The summed E-state index contributed by atoms with van der Waals surface area (Å²) in [6, 6.07) is 22.2. The van der Waals surface area contributed by atoms with Gasteiger partial charge in [0.25, 0.3) is 0 Å². The molecule has 0 aromatic heterocycles. The molecule has 0 unspecified atom stereocenters. The summed E-state index contributed by atoms with van der Waals surface area (Å²) >= 11 is -1.80. The van der Waals surface area contributed by atoms with Gasteiger partial charge in [-0.25, -0.2) is 0 Å². The second-order valence-corrected chi connectivity index (χ2v) is 15.1. The standard InChI is InChI=1S/2C6H5.C4H9.Sn/c2*1-2-4-6-5-3-1;1-4(2)3;/h2*1-5H;1-3H3;/q;;;+1. The first-order chi connectivity index (χ1) is 8.09. The predicted molar refractivity (Wildman–Crippen MR) is 77.6 cm³/mol. The van der Waals surface area contributed by atoms with E-state index in [4.69, 9.17) is 0 Å². The fourth-order valence-corrected chi connectivity index (χ4v) is 11.1. The van der Waals surface area contributed by atoms with Gasteiger partial charge in [-0.2, -0.15) is 0 Å². The van der Waals surface area contributed by atoms with E-state index in [1.165, 1.54) is 0 Å². The van der Waals surface area contributed by atoms with Crippen LogP contribution in [0.4, 0.5) is 0 Å². The summed E-state index contributed by atoms with van der Waals surface area (Å²) in [7, 11) is 0. The van der Waals surface area contributed by atoms with Gasteiger partial charge in [0, 0.05) is 0 Å². The first kappa shape index (κ1) is 12.7. The Kier molecular flexibility index (Phi) is 3.93. The normalized spacial score (nSPS) is 11.2. The van der Waals surface area contributed by atoms with E-state index in [-0.39, 0.29) is 0 Å². The molecular formula is C16H19Sn+. The van der Waals surface area contributed by atoms with Crippen molar-refractivity contribution in [3.05, 3.63) is 60.7 Å². The summed E-state index contributed by atoms with van der Waals surface area (Å²) in [5.41, 5.74) is 0. The third-order valence-electron chi connectivity index (χ3n) is 2.87. The van der Waals surface area contributed by atoms with Gasteiger partial charge >= 0.3 is 112 Å². The van der Waals surface area contributed by atoms with Crippen LogP contribution in [0.1, 0.15) is 20.8 Å². The van der Waals surface area contributed by atoms with Gasteiger partial charge < -0.3 is 0 Å². The molecule has 0 heterocycles. The van der Waals surface area contributed by atoms with Crippen LogP contribution in [0.5, 0.6) is 0 Å². The van der Waals surface area contributed by atoms with Crippen molar-refractivity contribution in [3.63, 3.8) is 0 Å². The molecule has 2 rings (SSSR count). The Bertz CT molecular complexity index is 414. The zero-order chi connectivity index (χ0) is 12.3. The van der Waals surface area contributed by atoms with E-state index in [9.17, 15) is 0 Å². The van der Waals surface area contributed by atoms with Crippen molar-refractivity contribution < 1.29 is 0 Å². The van der Waals surface area contributed by atoms with Gasteiger partial charge in [0.05, 0.1) is 0 Å². The zero-order valence-corrected chi connectivity index (χ0v) is 13.6. The molecule has 0 saturated carbocycles. The van der Waals surface area contributed by atoms with Gasteiger partial charge in [0.15, 0.2) is 0 Å². The minimum absolute atomic E-state index is 0.422. The van der Waals surface area contributed by atoms with Crippen molar-refractivity contribution in [2.75, 3.05) is 0 Å². The Morgan fingerprint density at radius 2 is 1.00 bits per heavy atom.